The van der Waals surface area contributed by atoms with Gasteiger partial charge in [0.2, 0.25) is 5.13 Å². The lowest BCUT2D eigenvalue weighted by molar-refractivity contribution is 0.0460. The first-order chi connectivity index (χ1) is 7.80. The molecule has 0 bridgehead atoms. The number of nitrogens with one attached hydrogen (secondary N) is 1. The number of aromatic nitrogens is 2. The summed E-state index contributed by atoms with van der Waals surface area (Å²) in [7, 11) is 3.88. The molecule has 0 amide bonds. The van der Waals surface area contributed by atoms with Gasteiger partial charge in [-0.1, -0.05) is 13.8 Å². The van der Waals surface area contributed by atoms with Crippen molar-refractivity contribution in [1.29, 1.82) is 0 Å². The van der Waals surface area contributed by atoms with Crippen LogP contribution in [0.1, 0.15) is 32.5 Å². The van der Waals surface area contributed by atoms with Crippen molar-refractivity contribution in [3.05, 3.63) is 5.82 Å². The van der Waals surface area contributed by atoms with E-state index in [0.717, 1.165) is 11.0 Å². The van der Waals surface area contributed by atoms with Crippen LogP contribution in [-0.2, 0) is 0 Å². The van der Waals surface area contributed by atoms with Crippen LogP contribution >= 0.6 is 11.5 Å². The van der Waals surface area contributed by atoms with Gasteiger partial charge in [0.15, 0.2) is 0 Å². The van der Waals surface area contributed by atoms with E-state index in [1.54, 1.807) is 0 Å². The first kappa shape index (κ1) is 14.3. The third-order valence-corrected chi connectivity index (χ3v) is 2.92. The zero-order valence-corrected chi connectivity index (χ0v) is 12.0. The fraction of sp³-hybridized carbons (Fsp3) is 0.818. The number of aliphatic hydroxyl groups is 1. The van der Waals surface area contributed by atoms with Crippen LogP contribution in [0.2, 0.25) is 0 Å². The molecule has 17 heavy (non-hydrogen) atoms. The molecule has 0 aliphatic heterocycles. The van der Waals surface area contributed by atoms with E-state index >= 15 is 0 Å². The van der Waals surface area contributed by atoms with Gasteiger partial charge in [0.25, 0.3) is 0 Å². The largest absolute Gasteiger partial charge is 0.387 e. The number of hydrogen-bond acceptors (Lipinski definition) is 6. The maximum atomic E-state index is 10.1. The summed E-state index contributed by atoms with van der Waals surface area (Å²) < 4.78 is 4.25. The van der Waals surface area contributed by atoms with Gasteiger partial charge in [-0.05, 0) is 21.0 Å². The maximum Gasteiger partial charge on any atom is 0.202 e. The SMILES string of the molecule is CC(C)c1nsc(NCC(C)(O)CN(C)C)n1. The molecule has 1 aromatic rings. The highest BCUT2D eigenvalue weighted by Crippen LogP contribution is 2.18. The van der Waals surface area contributed by atoms with Gasteiger partial charge >= 0.3 is 0 Å². The van der Waals surface area contributed by atoms with Gasteiger partial charge in [-0.2, -0.15) is 4.37 Å². The number of nitrogens with zero attached hydrogens (tertiary/aromatic N) is 3. The molecule has 0 spiro atoms. The van der Waals surface area contributed by atoms with Gasteiger partial charge in [-0.3, -0.25) is 0 Å². The molecule has 1 rings (SSSR count). The predicted octanol–water partition coefficient (Wildman–Crippen LogP) is 1.39. The Kier molecular flexibility index (Phi) is 4.85. The predicted molar refractivity (Wildman–Crippen MR) is 71.7 cm³/mol. The minimum Gasteiger partial charge on any atom is -0.387 e. The van der Waals surface area contributed by atoms with Crippen LogP contribution in [0.3, 0.4) is 0 Å². The van der Waals surface area contributed by atoms with Crippen molar-refractivity contribution in [2.75, 3.05) is 32.5 Å². The van der Waals surface area contributed by atoms with Gasteiger partial charge in [-0.25, -0.2) is 4.98 Å². The number of anilines is 1. The highest BCUT2D eigenvalue weighted by molar-refractivity contribution is 7.09. The van der Waals surface area contributed by atoms with Crippen LogP contribution in [0.15, 0.2) is 0 Å². The Labute approximate surface area is 107 Å². The van der Waals surface area contributed by atoms with Crippen LogP contribution in [-0.4, -0.2) is 52.1 Å². The monoisotopic (exact) mass is 258 g/mol. The second-order valence-corrected chi connectivity index (χ2v) is 5.95. The van der Waals surface area contributed by atoms with Crippen LogP contribution in [0.4, 0.5) is 5.13 Å². The molecular weight excluding hydrogens is 236 g/mol. The van der Waals surface area contributed by atoms with Crippen molar-refractivity contribution < 1.29 is 5.11 Å². The van der Waals surface area contributed by atoms with Gasteiger partial charge in [0, 0.05) is 30.5 Å². The van der Waals surface area contributed by atoms with Crippen molar-refractivity contribution in [2.45, 2.75) is 32.3 Å². The minimum atomic E-state index is -0.771. The molecule has 98 valence electrons. The van der Waals surface area contributed by atoms with Crippen molar-refractivity contribution in [2.24, 2.45) is 0 Å². The van der Waals surface area contributed by atoms with E-state index in [2.05, 4.69) is 28.5 Å². The molecule has 0 radical (unpaired) electrons. The Morgan fingerprint density at radius 2 is 2.12 bits per heavy atom. The van der Waals surface area contributed by atoms with Gasteiger partial charge < -0.3 is 15.3 Å². The van der Waals surface area contributed by atoms with Crippen LogP contribution in [0.5, 0.6) is 0 Å². The molecule has 0 aliphatic rings. The molecule has 1 unspecified atom stereocenters. The second-order valence-electron chi connectivity index (χ2n) is 5.20. The lowest BCUT2D eigenvalue weighted by Gasteiger charge is -2.26. The van der Waals surface area contributed by atoms with Crippen molar-refractivity contribution in [1.82, 2.24) is 14.3 Å². The number of hydrogen-bond donors (Lipinski definition) is 2. The second kappa shape index (κ2) is 5.75. The summed E-state index contributed by atoms with van der Waals surface area (Å²) in [5.41, 5.74) is -0.771. The molecule has 6 heteroatoms. The Balaban J connectivity index is 2.49. The van der Waals surface area contributed by atoms with E-state index in [0.29, 0.717) is 19.0 Å². The first-order valence-corrected chi connectivity index (χ1v) is 6.52. The third kappa shape index (κ3) is 4.97. The molecule has 0 aliphatic carbocycles. The molecule has 1 heterocycles. The van der Waals surface area contributed by atoms with Crippen molar-refractivity contribution in [3.63, 3.8) is 0 Å². The highest BCUT2D eigenvalue weighted by Gasteiger charge is 2.21. The lowest BCUT2D eigenvalue weighted by Crippen LogP contribution is -2.43. The third-order valence-electron chi connectivity index (χ3n) is 2.24. The van der Waals surface area contributed by atoms with Gasteiger partial charge in [0.1, 0.15) is 5.82 Å². The molecule has 5 nitrogen and oxygen atoms in total. The Bertz CT molecular complexity index is 349. The van der Waals surface area contributed by atoms with Crippen LogP contribution in [0.25, 0.3) is 0 Å². The van der Waals surface area contributed by atoms with E-state index in [-0.39, 0.29) is 0 Å². The normalized spacial score (nSPS) is 15.3. The summed E-state index contributed by atoms with van der Waals surface area (Å²) in [5, 5.41) is 14.0. The zero-order valence-electron chi connectivity index (χ0n) is 11.2. The average Bonchev–Trinajstić information content (AvgIpc) is 2.61. The number of rotatable bonds is 6. The standard InChI is InChI=1S/C11H22N4OS/c1-8(2)9-13-10(17-14-9)12-6-11(3,16)7-15(4)5/h8,16H,6-7H2,1-5H3,(H,12,13,14). The molecule has 0 fully saturated rings. The van der Waals surface area contributed by atoms with Crippen LogP contribution in [0, 0.1) is 0 Å². The fourth-order valence-corrected chi connectivity index (χ4v) is 2.25. The van der Waals surface area contributed by atoms with Gasteiger partial charge in [-0.15, -0.1) is 0 Å². The van der Waals surface area contributed by atoms with Crippen molar-refractivity contribution in [3.8, 4) is 0 Å². The summed E-state index contributed by atoms with van der Waals surface area (Å²) in [6, 6.07) is 0. The number of likely N-dealkylation sites (N-methyl/N-ethyl adjacent to an activating group) is 1. The summed E-state index contributed by atoms with van der Waals surface area (Å²) in [4.78, 5) is 6.32. The topological polar surface area (TPSA) is 61.3 Å². The summed E-state index contributed by atoms with van der Waals surface area (Å²) in [5.74, 6) is 1.19. The lowest BCUT2D eigenvalue weighted by atomic mass is 10.1. The molecule has 0 aromatic carbocycles. The van der Waals surface area contributed by atoms with E-state index in [9.17, 15) is 5.11 Å². The Morgan fingerprint density at radius 3 is 2.59 bits per heavy atom. The Hall–Kier alpha value is -0.720. The molecule has 1 aromatic heterocycles. The fourth-order valence-electron chi connectivity index (χ4n) is 1.54. The van der Waals surface area contributed by atoms with Gasteiger partial charge in [0.05, 0.1) is 5.60 Å². The highest BCUT2D eigenvalue weighted by atomic mass is 32.1. The molecular formula is C11H22N4OS. The van der Waals surface area contributed by atoms with E-state index in [1.807, 2.05) is 25.9 Å². The smallest absolute Gasteiger partial charge is 0.202 e. The zero-order chi connectivity index (χ0) is 13.1. The maximum absolute atomic E-state index is 10.1. The molecule has 0 saturated heterocycles. The van der Waals surface area contributed by atoms with E-state index < -0.39 is 5.60 Å². The van der Waals surface area contributed by atoms with Crippen LogP contribution < -0.4 is 5.32 Å². The van der Waals surface area contributed by atoms with E-state index in [1.165, 1.54) is 11.5 Å². The summed E-state index contributed by atoms with van der Waals surface area (Å²) in [6.07, 6.45) is 0. The summed E-state index contributed by atoms with van der Waals surface area (Å²) in [6.45, 7) is 7.01. The molecule has 0 saturated carbocycles. The summed E-state index contributed by atoms with van der Waals surface area (Å²) >= 11 is 1.34. The minimum absolute atomic E-state index is 0.337. The van der Waals surface area contributed by atoms with E-state index in [4.69, 9.17) is 0 Å². The van der Waals surface area contributed by atoms with Crippen molar-refractivity contribution >= 4 is 16.7 Å². The molecule has 1 atom stereocenters. The molecule has 2 N–H and O–H groups in total. The first-order valence-electron chi connectivity index (χ1n) is 5.75. The average molecular weight is 258 g/mol. The Morgan fingerprint density at radius 1 is 1.47 bits per heavy atom. The quantitative estimate of drug-likeness (QED) is 0.807.